The monoisotopic (exact) mass is 268 g/mol. The van der Waals surface area contributed by atoms with Gasteiger partial charge in [-0.2, -0.15) is 4.99 Å². The van der Waals surface area contributed by atoms with Crippen molar-refractivity contribution in [3.8, 4) is 0 Å². The Kier molecular flexibility index (Phi) is 1.73. The van der Waals surface area contributed by atoms with E-state index in [1.54, 1.807) is 0 Å². The average molecular weight is 268 g/mol. The zero-order valence-electron chi connectivity index (χ0n) is 18.7. The summed E-state index contributed by atoms with van der Waals surface area (Å²) in [6.07, 6.45) is -9.18. The van der Waals surface area contributed by atoms with Crippen molar-refractivity contribution in [2.24, 2.45) is 4.99 Å². The maximum atomic E-state index is 12.8. The summed E-state index contributed by atoms with van der Waals surface area (Å²) in [5, 5.41) is 0. The van der Waals surface area contributed by atoms with E-state index in [0.717, 1.165) is 19.9 Å². The third-order valence-electron chi connectivity index (χ3n) is 2.51. The molecule has 0 aliphatic heterocycles. The Balaban J connectivity index is 3.62. The fourth-order valence-electron chi connectivity index (χ4n) is 1.36. The van der Waals surface area contributed by atoms with E-state index >= 15 is 0 Å². The number of hydrogen-bond acceptors (Lipinski definition) is 4. The van der Waals surface area contributed by atoms with Crippen LogP contribution in [0.3, 0.4) is 0 Å². The van der Waals surface area contributed by atoms with E-state index in [2.05, 4.69) is 4.99 Å². The van der Waals surface area contributed by atoms with Gasteiger partial charge in [-0.25, -0.2) is 13.2 Å². The number of hydrogen-bond donors (Lipinski definition) is 0. The molecule has 0 spiro atoms. The lowest BCUT2D eigenvalue weighted by Crippen LogP contribution is -2.43. The molecule has 98 valence electrons. The van der Waals surface area contributed by atoms with Crippen molar-refractivity contribution < 1.29 is 25.5 Å². The second-order valence-electron chi connectivity index (χ2n) is 4.43. The molecule has 4 nitrogen and oxygen atoms in total. The lowest BCUT2D eigenvalue weighted by molar-refractivity contribution is 0.323. The third-order valence-corrected chi connectivity index (χ3v) is 4.93. The predicted octanol–water partition coefficient (Wildman–Crippen LogP) is 2.24. The lowest BCUT2D eigenvalue weighted by Gasteiger charge is -2.34. The van der Waals surface area contributed by atoms with E-state index < -0.39 is 64.7 Å². The van der Waals surface area contributed by atoms with Gasteiger partial charge in [0.25, 0.3) is 0 Å². The average Bonchev–Trinajstić information content (AvgIpc) is 2.41. The Morgan fingerprint density at radius 2 is 2.24 bits per heavy atom. The van der Waals surface area contributed by atoms with Gasteiger partial charge >= 0.3 is 0 Å². The summed E-state index contributed by atoms with van der Waals surface area (Å²) in [7, 11) is -4.62. The number of nitrogens with zero attached hydrogens (tertiary/aromatic N) is 1. The van der Waals surface area contributed by atoms with Crippen LogP contribution in [0.2, 0.25) is 0 Å². The maximum Gasteiger partial charge on any atom is 0.235 e. The van der Waals surface area contributed by atoms with Crippen LogP contribution in [0.1, 0.15) is 65.0 Å². The van der Waals surface area contributed by atoms with Crippen LogP contribution in [-0.2, 0) is 14.6 Å². The number of isocyanates is 1. The zero-order chi connectivity index (χ0) is 21.0. The molecular formula is C12H21NO3S. The van der Waals surface area contributed by atoms with E-state index in [1.165, 1.54) is 0 Å². The van der Waals surface area contributed by atoms with Gasteiger partial charge in [-0.15, -0.1) is 0 Å². The minimum atomic E-state index is -4.62. The van der Waals surface area contributed by atoms with Gasteiger partial charge in [0.1, 0.15) is 0 Å². The molecule has 0 bridgehead atoms. The van der Waals surface area contributed by atoms with Crippen molar-refractivity contribution in [3.05, 3.63) is 0 Å². The van der Waals surface area contributed by atoms with Crippen LogP contribution in [0.15, 0.2) is 4.99 Å². The second kappa shape index (κ2) is 4.91. The number of carbonyl (C=O) groups excluding carboxylic acids is 1. The van der Waals surface area contributed by atoms with Crippen LogP contribution >= 0.6 is 0 Å². The molecule has 0 N–H and O–H groups in total. The standard InChI is InChI=1S/C12H21NO3S/c1-11(2,3)17(15,16)9-12(13-10-14)7-5-4-6-8-12/h4-9H2,1-3H3/i1D3,4D2,5D2,7D2. The smallest absolute Gasteiger partial charge is 0.228 e. The molecule has 0 radical (unpaired) electrons. The van der Waals surface area contributed by atoms with Crippen LogP contribution in [0.25, 0.3) is 0 Å². The van der Waals surface area contributed by atoms with E-state index in [4.69, 9.17) is 12.3 Å². The highest BCUT2D eigenvalue weighted by atomic mass is 32.2. The number of rotatable bonds is 3. The van der Waals surface area contributed by atoms with Crippen molar-refractivity contribution in [1.29, 1.82) is 0 Å². The molecule has 0 aromatic rings. The van der Waals surface area contributed by atoms with Crippen molar-refractivity contribution in [1.82, 2.24) is 0 Å². The topological polar surface area (TPSA) is 63.6 Å². The number of aliphatic imine (C=N–C) groups is 1. The fraction of sp³-hybridized carbons (Fsp3) is 0.917. The summed E-state index contributed by atoms with van der Waals surface area (Å²) < 4.78 is 92.9. The minimum absolute atomic E-state index is 0.599. The van der Waals surface area contributed by atoms with E-state index in [1.807, 2.05) is 0 Å². The first-order valence-electron chi connectivity index (χ1n) is 9.54. The molecule has 1 aliphatic carbocycles. The highest BCUT2D eigenvalue weighted by Gasteiger charge is 2.41. The van der Waals surface area contributed by atoms with Crippen LogP contribution in [0, 0.1) is 0 Å². The summed E-state index contributed by atoms with van der Waals surface area (Å²) in [6, 6.07) is 0. The summed E-state index contributed by atoms with van der Waals surface area (Å²) in [5.41, 5.74) is -2.49. The second-order valence-corrected chi connectivity index (χ2v) is 6.97. The van der Waals surface area contributed by atoms with Crippen LogP contribution < -0.4 is 0 Å². The lowest BCUT2D eigenvalue weighted by atomic mass is 9.84. The van der Waals surface area contributed by atoms with Gasteiger partial charge in [0.05, 0.1) is 16.0 Å². The van der Waals surface area contributed by atoms with Crippen LogP contribution in [-0.4, -0.2) is 30.5 Å². The Bertz CT molecular complexity index is 723. The van der Waals surface area contributed by atoms with Crippen molar-refractivity contribution in [3.63, 3.8) is 0 Å². The number of sulfone groups is 1. The molecule has 17 heavy (non-hydrogen) atoms. The van der Waals surface area contributed by atoms with Crippen molar-refractivity contribution in [2.75, 3.05) is 5.75 Å². The largest absolute Gasteiger partial charge is 0.235 e. The van der Waals surface area contributed by atoms with Crippen LogP contribution in [0.5, 0.6) is 0 Å². The normalized spacial score (nSPS) is 43.8. The first-order chi connectivity index (χ1) is 11.2. The first kappa shape index (κ1) is 5.98. The van der Waals surface area contributed by atoms with Gasteiger partial charge in [0.2, 0.25) is 6.08 Å². The quantitative estimate of drug-likeness (QED) is 0.582. The van der Waals surface area contributed by atoms with E-state index in [-0.39, 0.29) is 0 Å². The summed E-state index contributed by atoms with van der Waals surface area (Å²) >= 11 is 0. The SMILES string of the molecule is [2H]C([2H])([2H])C(C)(C)S(=O)(=O)CC1(N=C=O)CCC([2H])([2H])C([2H])([2H])C1([2H])[2H]. The minimum Gasteiger partial charge on any atom is -0.228 e. The molecule has 1 aliphatic rings. The van der Waals surface area contributed by atoms with E-state index in [0.29, 0.717) is 0 Å². The van der Waals surface area contributed by atoms with Gasteiger partial charge in [0, 0.05) is 12.3 Å². The molecule has 0 heterocycles. The summed E-state index contributed by atoms with van der Waals surface area (Å²) in [6.45, 7) is -1.10. The summed E-state index contributed by atoms with van der Waals surface area (Å²) in [4.78, 5) is 14.2. The molecule has 1 saturated carbocycles. The Labute approximate surface area is 116 Å². The predicted molar refractivity (Wildman–Crippen MR) is 67.5 cm³/mol. The molecule has 0 amide bonds. The van der Waals surface area contributed by atoms with Gasteiger partial charge in [-0.3, -0.25) is 0 Å². The molecule has 1 atom stereocenters. The summed E-state index contributed by atoms with van der Waals surface area (Å²) in [5.74, 6) is -1.26. The molecule has 0 aromatic carbocycles. The van der Waals surface area contributed by atoms with Gasteiger partial charge < -0.3 is 0 Å². The third kappa shape index (κ3) is 3.39. The Morgan fingerprint density at radius 1 is 1.53 bits per heavy atom. The maximum absolute atomic E-state index is 12.8. The van der Waals surface area contributed by atoms with Gasteiger partial charge in [0.15, 0.2) is 9.84 Å². The Morgan fingerprint density at radius 3 is 2.82 bits per heavy atom. The van der Waals surface area contributed by atoms with Crippen LogP contribution in [0.4, 0.5) is 0 Å². The van der Waals surface area contributed by atoms with Gasteiger partial charge in [-0.1, -0.05) is 19.2 Å². The van der Waals surface area contributed by atoms with Gasteiger partial charge in [-0.05, 0) is 33.5 Å². The molecule has 0 aromatic heterocycles. The molecule has 1 unspecified atom stereocenters. The molecule has 0 saturated heterocycles. The molecule has 5 heteroatoms. The fourth-order valence-corrected chi connectivity index (χ4v) is 2.63. The molecular weight excluding hydrogens is 238 g/mol. The first-order valence-corrected chi connectivity index (χ1v) is 6.69. The zero-order valence-corrected chi connectivity index (χ0v) is 10.5. The highest BCUT2D eigenvalue weighted by molar-refractivity contribution is 7.92. The van der Waals surface area contributed by atoms with Crippen molar-refractivity contribution in [2.45, 2.75) is 62.9 Å². The van der Waals surface area contributed by atoms with Crippen molar-refractivity contribution >= 4 is 15.9 Å². The molecule has 1 fully saturated rings. The Hall–Kier alpha value is -0.670. The molecule has 1 rings (SSSR count). The highest BCUT2D eigenvalue weighted by Crippen LogP contribution is 2.35. The van der Waals surface area contributed by atoms with E-state index in [9.17, 15) is 13.2 Å².